The van der Waals surface area contributed by atoms with Gasteiger partial charge < -0.3 is 14.5 Å². The number of nitrogens with one attached hydrogen (secondary N) is 2. The van der Waals surface area contributed by atoms with Crippen LogP contribution in [0.15, 0.2) is 52.0 Å². The van der Waals surface area contributed by atoms with Gasteiger partial charge in [0.1, 0.15) is 5.76 Å². The second-order valence-electron chi connectivity index (χ2n) is 7.01. The summed E-state index contributed by atoms with van der Waals surface area (Å²) in [6, 6.07) is 9.71. The first-order valence-corrected chi connectivity index (χ1v) is 11.0. The van der Waals surface area contributed by atoms with Gasteiger partial charge in [0.15, 0.2) is 0 Å². The van der Waals surface area contributed by atoms with Crippen LogP contribution in [0.4, 0.5) is 0 Å². The van der Waals surface area contributed by atoms with Gasteiger partial charge in [-0.2, -0.15) is 0 Å². The van der Waals surface area contributed by atoms with E-state index in [9.17, 15) is 13.2 Å². The molecule has 152 valence electrons. The van der Waals surface area contributed by atoms with Crippen LogP contribution < -0.4 is 10.0 Å². The van der Waals surface area contributed by atoms with Gasteiger partial charge in [0.25, 0.3) is 5.91 Å². The largest absolute Gasteiger partial charge is 0.469 e. The third kappa shape index (κ3) is 5.67. The lowest BCUT2D eigenvalue weighted by molar-refractivity contribution is 0.0938. The fourth-order valence-corrected chi connectivity index (χ4v) is 4.20. The zero-order valence-corrected chi connectivity index (χ0v) is 16.7. The molecule has 0 bridgehead atoms. The molecule has 2 N–H and O–H groups in total. The van der Waals surface area contributed by atoms with E-state index in [0.717, 1.165) is 31.4 Å². The summed E-state index contributed by atoms with van der Waals surface area (Å²) in [5.74, 6) is 0.564. The maximum atomic E-state index is 12.5. The summed E-state index contributed by atoms with van der Waals surface area (Å²) in [4.78, 5) is 12.6. The van der Waals surface area contributed by atoms with Crippen molar-refractivity contribution in [2.75, 3.05) is 13.2 Å². The Morgan fingerprint density at radius 3 is 2.86 bits per heavy atom. The predicted octanol–water partition coefficient (Wildman–Crippen LogP) is 2.49. The molecule has 8 heteroatoms. The Morgan fingerprint density at radius 2 is 2.14 bits per heavy atom. The first-order chi connectivity index (χ1) is 13.4. The van der Waals surface area contributed by atoms with Crippen molar-refractivity contribution in [3.8, 4) is 0 Å². The van der Waals surface area contributed by atoms with E-state index in [1.807, 2.05) is 19.1 Å². The zero-order chi connectivity index (χ0) is 20.0. The van der Waals surface area contributed by atoms with E-state index in [-0.39, 0.29) is 29.5 Å². The zero-order valence-electron chi connectivity index (χ0n) is 15.9. The highest BCUT2D eigenvalue weighted by Gasteiger charge is 2.21. The van der Waals surface area contributed by atoms with Crippen LogP contribution in [0.1, 0.15) is 42.3 Å². The molecular weight excluding hydrogens is 380 g/mol. The summed E-state index contributed by atoms with van der Waals surface area (Å²) >= 11 is 0. The molecule has 1 aromatic carbocycles. The van der Waals surface area contributed by atoms with Gasteiger partial charge >= 0.3 is 0 Å². The maximum absolute atomic E-state index is 12.5. The number of hydrogen-bond acceptors (Lipinski definition) is 5. The van der Waals surface area contributed by atoms with Gasteiger partial charge in [-0.15, -0.1) is 0 Å². The Morgan fingerprint density at radius 1 is 1.29 bits per heavy atom. The van der Waals surface area contributed by atoms with Crippen molar-refractivity contribution in [1.29, 1.82) is 0 Å². The number of carbonyl (C=O) groups excluding carboxylic acids is 1. The minimum Gasteiger partial charge on any atom is -0.469 e. The molecule has 1 saturated heterocycles. The van der Waals surface area contributed by atoms with E-state index >= 15 is 0 Å². The van der Waals surface area contributed by atoms with Gasteiger partial charge in [-0.25, -0.2) is 13.1 Å². The lowest BCUT2D eigenvalue weighted by Crippen LogP contribution is -2.34. The molecule has 1 aliphatic heterocycles. The maximum Gasteiger partial charge on any atom is 0.251 e. The standard InChI is InChI=1S/C20H26N2O5S/c1-15(9-10-17-6-3-11-26-17)22-20(23)16-5-2-8-19(13-16)28(24,25)21-14-18-7-4-12-27-18/h2-3,5-6,8,11,13,15,18,21H,4,7,9-10,12,14H2,1H3,(H,22,23). The number of benzene rings is 1. The van der Waals surface area contributed by atoms with E-state index in [1.165, 1.54) is 12.1 Å². The number of hydrogen-bond donors (Lipinski definition) is 2. The molecule has 2 unspecified atom stereocenters. The van der Waals surface area contributed by atoms with Crippen molar-refractivity contribution in [2.24, 2.45) is 0 Å². The van der Waals surface area contributed by atoms with Crippen LogP contribution in [-0.2, 0) is 21.2 Å². The molecule has 1 fully saturated rings. The monoisotopic (exact) mass is 406 g/mol. The van der Waals surface area contributed by atoms with Crippen molar-refractivity contribution in [3.63, 3.8) is 0 Å². The predicted molar refractivity (Wildman–Crippen MR) is 105 cm³/mol. The number of sulfonamides is 1. The Labute approximate surface area is 165 Å². The highest BCUT2D eigenvalue weighted by molar-refractivity contribution is 7.89. The summed E-state index contributed by atoms with van der Waals surface area (Å²) in [7, 11) is -3.69. The fraction of sp³-hybridized carbons (Fsp3) is 0.450. The third-order valence-corrected chi connectivity index (χ3v) is 6.13. The SMILES string of the molecule is CC(CCc1ccco1)NC(=O)c1cccc(S(=O)(=O)NCC2CCCO2)c1. The smallest absolute Gasteiger partial charge is 0.251 e. The normalized spacial score (nSPS) is 18.1. The Kier molecular flexibility index (Phi) is 6.88. The van der Waals surface area contributed by atoms with E-state index in [2.05, 4.69) is 10.0 Å². The van der Waals surface area contributed by atoms with Crippen LogP contribution >= 0.6 is 0 Å². The summed E-state index contributed by atoms with van der Waals surface area (Å²) in [5, 5.41) is 2.90. The van der Waals surface area contributed by atoms with Crippen molar-refractivity contribution in [1.82, 2.24) is 10.0 Å². The Bertz CT molecular complexity index is 874. The summed E-state index contributed by atoms with van der Waals surface area (Å²) in [6.07, 6.45) is 4.77. The third-order valence-electron chi connectivity index (χ3n) is 4.71. The topological polar surface area (TPSA) is 97.6 Å². The van der Waals surface area contributed by atoms with Crippen molar-refractivity contribution < 1.29 is 22.4 Å². The van der Waals surface area contributed by atoms with E-state index in [0.29, 0.717) is 12.2 Å². The molecule has 3 rings (SSSR count). The second-order valence-corrected chi connectivity index (χ2v) is 8.77. The van der Waals surface area contributed by atoms with Crippen LogP contribution in [0.3, 0.4) is 0 Å². The number of carbonyl (C=O) groups is 1. The Balaban J connectivity index is 1.57. The van der Waals surface area contributed by atoms with Crippen molar-refractivity contribution >= 4 is 15.9 Å². The van der Waals surface area contributed by atoms with E-state index in [4.69, 9.17) is 9.15 Å². The number of ether oxygens (including phenoxy) is 1. The van der Waals surface area contributed by atoms with Crippen molar-refractivity contribution in [2.45, 2.75) is 49.6 Å². The first kappa shape index (κ1) is 20.6. The summed E-state index contributed by atoms with van der Waals surface area (Å²) in [6.45, 7) is 2.81. The fourth-order valence-electron chi connectivity index (χ4n) is 3.09. The highest BCUT2D eigenvalue weighted by Crippen LogP contribution is 2.15. The Hall–Kier alpha value is -2.16. The van der Waals surface area contributed by atoms with Gasteiger partial charge in [-0.3, -0.25) is 4.79 Å². The van der Waals surface area contributed by atoms with Crippen LogP contribution in [-0.4, -0.2) is 39.6 Å². The van der Waals surface area contributed by atoms with Crippen LogP contribution in [0.5, 0.6) is 0 Å². The van der Waals surface area contributed by atoms with Gasteiger partial charge in [0.05, 0.1) is 17.3 Å². The van der Waals surface area contributed by atoms with Gasteiger partial charge in [0, 0.05) is 31.2 Å². The number of furan rings is 1. The second kappa shape index (κ2) is 9.36. The molecule has 0 aliphatic carbocycles. The molecule has 7 nitrogen and oxygen atoms in total. The number of rotatable bonds is 9. The average molecular weight is 407 g/mol. The molecule has 0 radical (unpaired) electrons. The molecule has 0 saturated carbocycles. The van der Waals surface area contributed by atoms with Crippen LogP contribution in [0.25, 0.3) is 0 Å². The average Bonchev–Trinajstić information content (AvgIpc) is 3.39. The highest BCUT2D eigenvalue weighted by atomic mass is 32.2. The van der Waals surface area contributed by atoms with Crippen molar-refractivity contribution in [3.05, 3.63) is 54.0 Å². The molecule has 1 amide bonds. The van der Waals surface area contributed by atoms with Crippen LogP contribution in [0, 0.1) is 0 Å². The molecule has 28 heavy (non-hydrogen) atoms. The lowest BCUT2D eigenvalue weighted by atomic mass is 10.1. The molecule has 1 aromatic heterocycles. The minimum absolute atomic E-state index is 0.0707. The molecule has 1 aliphatic rings. The molecule has 2 heterocycles. The van der Waals surface area contributed by atoms with Gasteiger partial charge in [-0.1, -0.05) is 6.07 Å². The summed E-state index contributed by atoms with van der Waals surface area (Å²) in [5.41, 5.74) is 0.310. The van der Waals surface area contributed by atoms with Crippen LogP contribution in [0.2, 0.25) is 0 Å². The van der Waals surface area contributed by atoms with E-state index < -0.39 is 10.0 Å². The number of amides is 1. The summed E-state index contributed by atoms with van der Waals surface area (Å²) < 4.78 is 38.3. The molecular formula is C20H26N2O5S. The molecule has 2 aromatic rings. The lowest BCUT2D eigenvalue weighted by Gasteiger charge is -2.14. The quantitative estimate of drug-likeness (QED) is 0.667. The minimum atomic E-state index is -3.69. The number of aryl methyl sites for hydroxylation is 1. The van der Waals surface area contributed by atoms with Gasteiger partial charge in [-0.05, 0) is 56.5 Å². The van der Waals surface area contributed by atoms with E-state index in [1.54, 1.807) is 18.4 Å². The molecule has 2 atom stereocenters. The molecule has 0 spiro atoms. The first-order valence-electron chi connectivity index (χ1n) is 9.48. The van der Waals surface area contributed by atoms with Gasteiger partial charge in [0.2, 0.25) is 10.0 Å².